The molecule has 0 radical (unpaired) electrons. The van der Waals surface area contributed by atoms with Gasteiger partial charge in [0, 0.05) is 13.0 Å². The molecule has 0 aromatic heterocycles. The van der Waals surface area contributed by atoms with Crippen molar-refractivity contribution < 1.29 is 37.3 Å². The van der Waals surface area contributed by atoms with Gasteiger partial charge in [0.25, 0.3) is 0 Å². The number of phosphoric acid groups is 1. The molecular formula is C43H89NO7P+. The molecule has 0 amide bonds. The highest BCUT2D eigenvalue weighted by Gasteiger charge is 2.26. The molecule has 0 rings (SSSR count). The van der Waals surface area contributed by atoms with Crippen molar-refractivity contribution in [3.63, 3.8) is 0 Å². The minimum Gasteiger partial charge on any atom is -0.457 e. The minimum atomic E-state index is -4.25. The van der Waals surface area contributed by atoms with Gasteiger partial charge in [-0.2, -0.15) is 0 Å². The fraction of sp³-hybridized carbons (Fsp3) is 0.977. The molecule has 8 nitrogen and oxygen atoms in total. The smallest absolute Gasteiger partial charge is 0.457 e. The number of hydrogen-bond donors (Lipinski definition) is 1. The standard InChI is InChI=1S/C43H88NO7P/c1-6-8-10-12-13-14-15-16-17-18-19-20-21-22-23-24-25-26-27-28-29-30-31-32-33-35-38-48-40-42(51-43(45)36-34-11-9-7-2)41-50-52(46,47)49-39-37-44(3,4)5/h42H,6-41H2,1-5H3/p+1. The first-order chi connectivity index (χ1) is 25.1. The molecule has 0 heterocycles. The SMILES string of the molecule is CCCCCCCCCCCCCCCCCCCCCCCCCCCCOCC(COP(=O)(O)OCC[N+](C)(C)C)OC(=O)CCCCCC. The Morgan fingerprint density at radius 2 is 0.885 bits per heavy atom. The summed E-state index contributed by atoms with van der Waals surface area (Å²) in [6, 6.07) is 0. The second-order valence-corrected chi connectivity index (χ2v) is 17.9. The van der Waals surface area contributed by atoms with Crippen molar-refractivity contribution in [1.82, 2.24) is 0 Å². The summed E-state index contributed by atoms with van der Waals surface area (Å²) in [5.74, 6) is -0.327. The molecule has 52 heavy (non-hydrogen) atoms. The maximum atomic E-state index is 12.4. The van der Waals surface area contributed by atoms with E-state index in [0.29, 0.717) is 24.1 Å². The predicted molar refractivity (Wildman–Crippen MR) is 220 cm³/mol. The van der Waals surface area contributed by atoms with Crippen LogP contribution in [0.15, 0.2) is 0 Å². The molecule has 0 aliphatic rings. The van der Waals surface area contributed by atoms with Gasteiger partial charge < -0.3 is 18.9 Å². The molecule has 0 fully saturated rings. The van der Waals surface area contributed by atoms with Crippen LogP contribution in [-0.4, -0.2) is 75.6 Å². The molecule has 0 saturated heterocycles. The number of unbranched alkanes of at least 4 members (excludes halogenated alkanes) is 28. The van der Waals surface area contributed by atoms with Gasteiger partial charge >= 0.3 is 13.8 Å². The zero-order valence-electron chi connectivity index (χ0n) is 35.3. The highest BCUT2D eigenvalue weighted by atomic mass is 31.2. The molecule has 0 aromatic rings. The van der Waals surface area contributed by atoms with E-state index in [1.807, 2.05) is 21.1 Å². The summed E-state index contributed by atoms with van der Waals surface area (Å²) >= 11 is 0. The van der Waals surface area contributed by atoms with Gasteiger partial charge in [-0.1, -0.05) is 194 Å². The van der Waals surface area contributed by atoms with E-state index < -0.39 is 13.9 Å². The van der Waals surface area contributed by atoms with E-state index in [-0.39, 0.29) is 25.8 Å². The molecule has 0 aromatic carbocycles. The molecule has 0 aliphatic heterocycles. The van der Waals surface area contributed by atoms with Crippen molar-refractivity contribution in [2.75, 3.05) is 54.1 Å². The first kappa shape index (κ1) is 51.5. The van der Waals surface area contributed by atoms with Crippen LogP contribution in [0.25, 0.3) is 0 Å². The van der Waals surface area contributed by atoms with Crippen LogP contribution < -0.4 is 0 Å². The van der Waals surface area contributed by atoms with E-state index >= 15 is 0 Å². The number of phosphoric ester groups is 1. The summed E-state index contributed by atoms with van der Waals surface area (Å²) in [5.41, 5.74) is 0. The van der Waals surface area contributed by atoms with Crippen molar-refractivity contribution in [2.45, 2.75) is 219 Å². The lowest BCUT2D eigenvalue weighted by molar-refractivity contribution is -0.870. The summed E-state index contributed by atoms with van der Waals surface area (Å²) in [6.07, 6.45) is 39.3. The maximum absolute atomic E-state index is 12.4. The van der Waals surface area contributed by atoms with Crippen LogP contribution in [0.4, 0.5) is 0 Å². The number of hydrogen-bond acceptors (Lipinski definition) is 6. The Kier molecular flexibility index (Phi) is 37.1. The topological polar surface area (TPSA) is 91.3 Å². The van der Waals surface area contributed by atoms with Crippen LogP contribution in [0.3, 0.4) is 0 Å². The summed E-state index contributed by atoms with van der Waals surface area (Å²) in [4.78, 5) is 22.5. The number of likely N-dealkylation sites (N-methyl/N-ethyl adjacent to an activating group) is 1. The highest BCUT2D eigenvalue weighted by molar-refractivity contribution is 7.47. The Hall–Kier alpha value is -0.500. The lowest BCUT2D eigenvalue weighted by Crippen LogP contribution is -2.37. The Bertz CT molecular complexity index is 807. The maximum Gasteiger partial charge on any atom is 0.472 e. The molecular weight excluding hydrogens is 673 g/mol. The summed E-state index contributed by atoms with van der Waals surface area (Å²) in [5, 5.41) is 0. The largest absolute Gasteiger partial charge is 0.472 e. The van der Waals surface area contributed by atoms with Crippen LogP contribution in [-0.2, 0) is 27.9 Å². The van der Waals surface area contributed by atoms with Crippen molar-refractivity contribution in [3.8, 4) is 0 Å². The summed E-state index contributed by atoms with van der Waals surface area (Å²) in [7, 11) is 1.68. The molecule has 0 saturated carbocycles. The number of nitrogens with zero attached hydrogens (tertiary/aromatic N) is 1. The van der Waals surface area contributed by atoms with Crippen molar-refractivity contribution >= 4 is 13.8 Å². The molecule has 2 atom stereocenters. The van der Waals surface area contributed by atoms with Gasteiger partial charge in [0.1, 0.15) is 19.3 Å². The van der Waals surface area contributed by atoms with Gasteiger partial charge in [0.2, 0.25) is 0 Å². The van der Waals surface area contributed by atoms with E-state index in [0.717, 1.165) is 38.5 Å². The van der Waals surface area contributed by atoms with E-state index in [9.17, 15) is 14.3 Å². The van der Waals surface area contributed by atoms with Crippen LogP contribution in [0, 0.1) is 0 Å². The van der Waals surface area contributed by atoms with E-state index in [1.165, 1.54) is 154 Å². The molecule has 0 bridgehead atoms. The first-order valence-electron chi connectivity index (χ1n) is 22.3. The molecule has 0 spiro atoms. The molecule has 0 aliphatic carbocycles. The minimum absolute atomic E-state index is 0.0925. The third-order valence-corrected chi connectivity index (χ3v) is 10.9. The number of quaternary nitrogens is 1. The zero-order valence-corrected chi connectivity index (χ0v) is 36.2. The van der Waals surface area contributed by atoms with Gasteiger partial charge in [-0.15, -0.1) is 0 Å². The normalized spacial score (nSPS) is 13.7. The number of carbonyl (C=O) groups is 1. The van der Waals surface area contributed by atoms with Gasteiger partial charge in [-0.05, 0) is 12.8 Å². The lowest BCUT2D eigenvalue weighted by atomic mass is 10.0. The number of rotatable bonds is 42. The quantitative estimate of drug-likeness (QED) is 0.0286. The van der Waals surface area contributed by atoms with Crippen molar-refractivity contribution in [2.24, 2.45) is 0 Å². The van der Waals surface area contributed by atoms with Gasteiger partial charge in [-0.3, -0.25) is 13.8 Å². The second-order valence-electron chi connectivity index (χ2n) is 16.4. The fourth-order valence-corrected chi connectivity index (χ4v) is 7.18. The first-order valence-corrected chi connectivity index (χ1v) is 23.8. The Balaban J connectivity index is 3.76. The predicted octanol–water partition coefficient (Wildman–Crippen LogP) is 12.9. The van der Waals surface area contributed by atoms with Crippen molar-refractivity contribution in [3.05, 3.63) is 0 Å². The third kappa shape index (κ3) is 40.7. The van der Waals surface area contributed by atoms with Gasteiger partial charge in [0.05, 0.1) is 34.4 Å². The van der Waals surface area contributed by atoms with E-state index in [1.54, 1.807) is 0 Å². The highest BCUT2D eigenvalue weighted by Crippen LogP contribution is 2.43. The van der Waals surface area contributed by atoms with E-state index in [2.05, 4.69) is 13.8 Å². The summed E-state index contributed by atoms with van der Waals surface area (Å²) < 4.78 is 34.6. The zero-order chi connectivity index (χ0) is 38.4. The average Bonchev–Trinajstić information content (AvgIpc) is 3.09. The number of ether oxygens (including phenoxy) is 2. The van der Waals surface area contributed by atoms with Crippen molar-refractivity contribution in [1.29, 1.82) is 0 Å². The Morgan fingerprint density at radius 1 is 0.519 bits per heavy atom. The van der Waals surface area contributed by atoms with E-state index in [4.69, 9.17) is 18.5 Å². The molecule has 9 heteroatoms. The fourth-order valence-electron chi connectivity index (χ4n) is 6.44. The van der Waals surface area contributed by atoms with Crippen LogP contribution in [0.5, 0.6) is 0 Å². The molecule has 312 valence electrons. The second kappa shape index (κ2) is 37.4. The van der Waals surface area contributed by atoms with Gasteiger partial charge in [-0.25, -0.2) is 4.57 Å². The number of carbonyl (C=O) groups excluding carboxylic acids is 1. The summed E-state index contributed by atoms with van der Waals surface area (Å²) in [6.45, 7) is 5.55. The monoisotopic (exact) mass is 763 g/mol. The van der Waals surface area contributed by atoms with Crippen LogP contribution in [0.2, 0.25) is 0 Å². The Labute approximate surface area is 323 Å². The third-order valence-electron chi connectivity index (χ3n) is 9.92. The molecule has 1 N–H and O–H groups in total. The number of esters is 1. The Morgan fingerprint density at radius 3 is 1.27 bits per heavy atom. The molecule has 2 unspecified atom stereocenters. The van der Waals surface area contributed by atoms with Crippen LogP contribution in [0.1, 0.15) is 213 Å². The average molecular weight is 763 g/mol. The van der Waals surface area contributed by atoms with Gasteiger partial charge in [0.15, 0.2) is 0 Å². The van der Waals surface area contributed by atoms with Crippen LogP contribution >= 0.6 is 7.82 Å². The lowest BCUT2D eigenvalue weighted by Gasteiger charge is -2.24.